The summed E-state index contributed by atoms with van der Waals surface area (Å²) in [5, 5.41) is 0. The molecule has 2 rings (SSSR count). The highest BCUT2D eigenvalue weighted by molar-refractivity contribution is 7.89. The molecule has 0 aliphatic heterocycles. The third-order valence-electron chi connectivity index (χ3n) is 2.76. The van der Waals surface area contributed by atoms with Crippen LogP contribution in [0.3, 0.4) is 0 Å². The summed E-state index contributed by atoms with van der Waals surface area (Å²) in [6.45, 7) is 1.37. The maximum absolute atomic E-state index is 12.0. The van der Waals surface area contributed by atoms with Gasteiger partial charge in [0.15, 0.2) is 0 Å². The van der Waals surface area contributed by atoms with E-state index in [0.29, 0.717) is 31.7 Å². The summed E-state index contributed by atoms with van der Waals surface area (Å²) < 4.78 is 28.4. The molecule has 0 radical (unpaired) electrons. The van der Waals surface area contributed by atoms with E-state index >= 15 is 0 Å². The zero-order chi connectivity index (χ0) is 14.4. The summed E-state index contributed by atoms with van der Waals surface area (Å²) >= 11 is 0. The Balaban J connectivity index is 1.86. The lowest BCUT2D eigenvalue weighted by atomic mass is 10.4. The number of imidazole rings is 1. The molecule has 3 N–H and O–H groups in total. The monoisotopic (exact) mass is 295 g/mol. The fraction of sp³-hybridized carbons (Fsp3) is 0.333. The van der Waals surface area contributed by atoms with Crippen molar-refractivity contribution in [3.8, 4) is 0 Å². The molecule has 8 heteroatoms. The Bertz CT molecular complexity index is 622. The van der Waals surface area contributed by atoms with Gasteiger partial charge in [0.25, 0.3) is 0 Å². The second-order valence-corrected chi connectivity index (χ2v) is 6.01. The molecule has 108 valence electrons. The Morgan fingerprint density at radius 1 is 1.35 bits per heavy atom. The van der Waals surface area contributed by atoms with E-state index in [9.17, 15) is 8.42 Å². The summed E-state index contributed by atoms with van der Waals surface area (Å²) in [5.41, 5.74) is 6.08. The van der Waals surface area contributed by atoms with Crippen molar-refractivity contribution < 1.29 is 8.42 Å². The van der Waals surface area contributed by atoms with Crippen molar-refractivity contribution in [3.05, 3.63) is 42.7 Å². The lowest BCUT2D eigenvalue weighted by Crippen LogP contribution is -2.25. The Kier molecular flexibility index (Phi) is 4.83. The largest absolute Gasteiger partial charge is 0.337 e. The second kappa shape index (κ2) is 6.60. The molecule has 0 atom stereocenters. The summed E-state index contributed by atoms with van der Waals surface area (Å²) in [4.78, 5) is 8.05. The molecule has 0 aliphatic carbocycles. The Morgan fingerprint density at radius 2 is 2.20 bits per heavy atom. The first-order valence-corrected chi connectivity index (χ1v) is 7.70. The third-order valence-corrected chi connectivity index (χ3v) is 4.21. The number of sulfonamides is 1. The van der Waals surface area contributed by atoms with E-state index in [2.05, 4.69) is 14.7 Å². The van der Waals surface area contributed by atoms with E-state index in [1.165, 1.54) is 12.3 Å². The molecular formula is C12H17N5O2S. The van der Waals surface area contributed by atoms with Crippen LogP contribution in [-0.4, -0.2) is 29.5 Å². The molecule has 2 aromatic rings. The molecule has 0 fully saturated rings. The van der Waals surface area contributed by atoms with Crippen molar-refractivity contribution in [3.63, 3.8) is 0 Å². The molecule has 20 heavy (non-hydrogen) atoms. The van der Waals surface area contributed by atoms with Gasteiger partial charge in [-0.1, -0.05) is 0 Å². The van der Waals surface area contributed by atoms with Crippen LogP contribution in [-0.2, 0) is 23.1 Å². The molecule has 2 aromatic heterocycles. The quantitative estimate of drug-likeness (QED) is 0.705. The first-order valence-electron chi connectivity index (χ1n) is 6.22. The highest BCUT2D eigenvalue weighted by atomic mass is 32.2. The van der Waals surface area contributed by atoms with E-state index in [0.717, 1.165) is 0 Å². The number of hydrogen-bond donors (Lipinski definition) is 2. The molecule has 0 amide bonds. The molecular weight excluding hydrogens is 278 g/mol. The molecule has 0 saturated carbocycles. The zero-order valence-electron chi connectivity index (χ0n) is 10.9. The lowest BCUT2D eigenvalue weighted by Gasteiger charge is -2.07. The summed E-state index contributed by atoms with van der Waals surface area (Å²) in [7, 11) is -3.50. The standard InChI is InChI=1S/C12H17N5O2S/c13-8-11-2-3-12(9-15-11)20(18,19)16-4-1-6-17-7-5-14-10-17/h2-3,5,7,9-10,16H,1,4,6,8,13H2. The van der Waals surface area contributed by atoms with Crippen LogP contribution in [0, 0.1) is 0 Å². The normalized spacial score (nSPS) is 11.7. The van der Waals surface area contributed by atoms with E-state index in [1.807, 2.05) is 10.8 Å². The predicted octanol–water partition coefficient (Wildman–Crippen LogP) is 0.105. The van der Waals surface area contributed by atoms with E-state index in [4.69, 9.17) is 5.73 Å². The summed E-state index contributed by atoms with van der Waals surface area (Å²) in [5.74, 6) is 0. The third kappa shape index (κ3) is 3.86. The molecule has 0 spiro atoms. The van der Waals surface area contributed by atoms with Gasteiger partial charge in [-0.3, -0.25) is 4.98 Å². The molecule has 0 bridgehead atoms. The SMILES string of the molecule is NCc1ccc(S(=O)(=O)NCCCn2ccnc2)cn1. The van der Waals surface area contributed by atoms with Crippen LogP contribution in [0.2, 0.25) is 0 Å². The maximum atomic E-state index is 12.0. The minimum Gasteiger partial charge on any atom is -0.337 e. The van der Waals surface area contributed by atoms with Crippen LogP contribution >= 0.6 is 0 Å². The number of hydrogen-bond acceptors (Lipinski definition) is 5. The van der Waals surface area contributed by atoms with Gasteiger partial charge in [0.1, 0.15) is 4.90 Å². The molecule has 0 aliphatic rings. The number of aryl methyl sites for hydroxylation is 1. The Hall–Kier alpha value is -1.77. The van der Waals surface area contributed by atoms with Gasteiger partial charge in [0, 0.05) is 38.2 Å². The van der Waals surface area contributed by atoms with Crippen molar-refractivity contribution in [2.24, 2.45) is 5.73 Å². The average molecular weight is 295 g/mol. The minimum atomic E-state index is -3.50. The van der Waals surface area contributed by atoms with Crippen molar-refractivity contribution in [1.82, 2.24) is 19.3 Å². The van der Waals surface area contributed by atoms with E-state index in [-0.39, 0.29) is 4.90 Å². The van der Waals surface area contributed by atoms with Gasteiger partial charge in [0.2, 0.25) is 10.0 Å². The van der Waals surface area contributed by atoms with Crippen molar-refractivity contribution in [1.29, 1.82) is 0 Å². The number of nitrogens with two attached hydrogens (primary N) is 1. The number of nitrogens with zero attached hydrogens (tertiary/aromatic N) is 3. The summed E-state index contributed by atoms with van der Waals surface area (Å²) in [6, 6.07) is 3.12. The van der Waals surface area contributed by atoms with Crippen molar-refractivity contribution in [2.45, 2.75) is 24.4 Å². The zero-order valence-corrected chi connectivity index (χ0v) is 11.8. The van der Waals surface area contributed by atoms with Crippen molar-refractivity contribution >= 4 is 10.0 Å². The fourth-order valence-electron chi connectivity index (χ4n) is 1.66. The van der Waals surface area contributed by atoms with Crippen LogP contribution in [0.4, 0.5) is 0 Å². The van der Waals surface area contributed by atoms with Gasteiger partial charge in [-0.05, 0) is 18.6 Å². The molecule has 2 heterocycles. The molecule has 0 unspecified atom stereocenters. The fourth-order valence-corrected chi connectivity index (χ4v) is 2.68. The van der Waals surface area contributed by atoms with Gasteiger partial charge < -0.3 is 10.3 Å². The van der Waals surface area contributed by atoms with Gasteiger partial charge in [-0.15, -0.1) is 0 Å². The maximum Gasteiger partial charge on any atom is 0.242 e. The molecule has 0 aromatic carbocycles. The van der Waals surface area contributed by atoms with Gasteiger partial charge in [-0.25, -0.2) is 18.1 Å². The van der Waals surface area contributed by atoms with Gasteiger partial charge in [-0.2, -0.15) is 0 Å². The van der Waals surface area contributed by atoms with Crippen LogP contribution in [0.1, 0.15) is 12.1 Å². The van der Waals surface area contributed by atoms with Gasteiger partial charge >= 0.3 is 0 Å². The lowest BCUT2D eigenvalue weighted by molar-refractivity contribution is 0.569. The van der Waals surface area contributed by atoms with Crippen molar-refractivity contribution in [2.75, 3.05) is 6.54 Å². The van der Waals surface area contributed by atoms with Crippen LogP contribution < -0.4 is 10.5 Å². The van der Waals surface area contributed by atoms with Crippen LogP contribution in [0.15, 0.2) is 41.9 Å². The predicted molar refractivity (Wildman–Crippen MR) is 74.2 cm³/mol. The number of rotatable bonds is 7. The second-order valence-electron chi connectivity index (χ2n) is 4.24. The van der Waals surface area contributed by atoms with Crippen LogP contribution in [0.25, 0.3) is 0 Å². The first-order chi connectivity index (χ1) is 9.62. The number of nitrogens with one attached hydrogen (secondary N) is 1. The Morgan fingerprint density at radius 3 is 2.80 bits per heavy atom. The summed E-state index contributed by atoms with van der Waals surface area (Å²) in [6.07, 6.45) is 7.23. The Labute approximate surface area is 117 Å². The van der Waals surface area contributed by atoms with E-state index < -0.39 is 10.0 Å². The minimum absolute atomic E-state index is 0.150. The highest BCUT2D eigenvalue weighted by Gasteiger charge is 2.13. The van der Waals surface area contributed by atoms with Crippen LogP contribution in [0.5, 0.6) is 0 Å². The van der Waals surface area contributed by atoms with Gasteiger partial charge in [0.05, 0.1) is 12.0 Å². The number of aromatic nitrogens is 3. The molecule has 0 saturated heterocycles. The smallest absolute Gasteiger partial charge is 0.242 e. The average Bonchev–Trinajstić information content (AvgIpc) is 2.97. The van der Waals surface area contributed by atoms with E-state index in [1.54, 1.807) is 18.6 Å². The number of pyridine rings is 1. The topological polar surface area (TPSA) is 103 Å². The highest BCUT2D eigenvalue weighted by Crippen LogP contribution is 2.07. The first kappa shape index (κ1) is 14.6. The molecule has 7 nitrogen and oxygen atoms in total.